The Labute approximate surface area is 222 Å². The van der Waals surface area contributed by atoms with E-state index in [9.17, 15) is 19.2 Å². The molecule has 10 heteroatoms. The normalized spacial score (nSPS) is 26.8. The van der Waals surface area contributed by atoms with Gasteiger partial charge in [0, 0.05) is 30.7 Å². The summed E-state index contributed by atoms with van der Waals surface area (Å²) in [6.07, 6.45) is 4.37. The van der Waals surface area contributed by atoms with Gasteiger partial charge in [-0.2, -0.15) is 10.2 Å². The fourth-order valence-corrected chi connectivity index (χ4v) is 4.72. The van der Waals surface area contributed by atoms with Gasteiger partial charge in [-0.3, -0.25) is 24.2 Å². The lowest BCUT2D eigenvalue weighted by Gasteiger charge is -2.35. The SMILES string of the molecule is CC(C)[C@@H]1CC(=O)C/C=C/c2ccc3nnc(cc3c2)[C@@H](C)OC(=O)[C@@H]2CCCN(N2)C(=O)[C@H](C)NC1=O. The number of allylic oxidation sites excluding steroid dienone is 1. The molecule has 0 radical (unpaired) electrons. The van der Waals surface area contributed by atoms with Crippen molar-refractivity contribution < 1.29 is 23.9 Å². The molecule has 3 heterocycles. The van der Waals surface area contributed by atoms with Crippen LogP contribution in [0.4, 0.5) is 0 Å². The van der Waals surface area contributed by atoms with Gasteiger partial charge in [-0.25, -0.2) is 5.43 Å². The highest BCUT2D eigenvalue weighted by atomic mass is 16.5. The lowest BCUT2D eigenvalue weighted by Crippen LogP contribution is -2.59. The van der Waals surface area contributed by atoms with E-state index in [1.807, 2.05) is 44.2 Å². The molecule has 38 heavy (non-hydrogen) atoms. The second-order valence-corrected chi connectivity index (χ2v) is 10.4. The van der Waals surface area contributed by atoms with Gasteiger partial charge in [0.25, 0.3) is 5.91 Å². The number of ketones is 1. The summed E-state index contributed by atoms with van der Waals surface area (Å²) in [6, 6.07) is 5.96. The van der Waals surface area contributed by atoms with Gasteiger partial charge in [0.1, 0.15) is 29.7 Å². The molecule has 202 valence electrons. The Bertz CT molecular complexity index is 1260. The number of hydrogen-bond donors (Lipinski definition) is 2. The maximum absolute atomic E-state index is 13.1. The molecule has 2 aliphatic heterocycles. The molecule has 1 fully saturated rings. The van der Waals surface area contributed by atoms with Crippen molar-refractivity contribution in [2.75, 3.05) is 6.54 Å². The predicted molar refractivity (Wildman–Crippen MR) is 141 cm³/mol. The van der Waals surface area contributed by atoms with Crippen molar-refractivity contribution in [1.29, 1.82) is 0 Å². The van der Waals surface area contributed by atoms with E-state index in [2.05, 4.69) is 20.9 Å². The molecule has 0 spiro atoms. The number of amides is 2. The van der Waals surface area contributed by atoms with Crippen molar-refractivity contribution in [3.05, 3.63) is 41.6 Å². The Kier molecular flexibility index (Phi) is 8.51. The van der Waals surface area contributed by atoms with Crippen LogP contribution in [0.15, 0.2) is 30.3 Å². The molecule has 5 bridgehead atoms. The van der Waals surface area contributed by atoms with Crippen LogP contribution in [0.25, 0.3) is 17.0 Å². The lowest BCUT2D eigenvalue weighted by atomic mass is 9.89. The average Bonchev–Trinajstić information content (AvgIpc) is 2.90. The minimum atomic E-state index is -0.831. The summed E-state index contributed by atoms with van der Waals surface area (Å²) in [4.78, 5) is 51.9. The minimum absolute atomic E-state index is 0.0565. The minimum Gasteiger partial charge on any atom is -0.455 e. The van der Waals surface area contributed by atoms with E-state index in [-0.39, 0.29) is 36.4 Å². The van der Waals surface area contributed by atoms with E-state index < -0.39 is 30.1 Å². The highest BCUT2D eigenvalue weighted by Gasteiger charge is 2.34. The van der Waals surface area contributed by atoms with E-state index in [0.717, 1.165) is 10.9 Å². The Morgan fingerprint density at radius 2 is 1.87 bits per heavy atom. The van der Waals surface area contributed by atoms with Gasteiger partial charge in [-0.15, -0.1) is 0 Å². The quantitative estimate of drug-likeness (QED) is 0.548. The topological polar surface area (TPSA) is 131 Å². The summed E-state index contributed by atoms with van der Waals surface area (Å²) in [5.74, 6) is -1.89. The van der Waals surface area contributed by atoms with Crippen molar-refractivity contribution >= 4 is 40.5 Å². The van der Waals surface area contributed by atoms with Crippen LogP contribution in [0.5, 0.6) is 0 Å². The molecule has 0 saturated carbocycles. The number of benzene rings is 1. The number of esters is 1. The van der Waals surface area contributed by atoms with Gasteiger partial charge >= 0.3 is 5.97 Å². The predicted octanol–water partition coefficient (Wildman–Crippen LogP) is 2.88. The second-order valence-electron chi connectivity index (χ2n) is 10.4. The monoisotopic (exact) mass is 521 g/mol. The average molecular weight is 522 g/mol. The summed E-state index contributed by atoms with van der Waals surface area (Å²) >= 11 is 0. The highest BCUT2D eigenvalue weighted by Crippen LogP contribution is 2.23. The van der Waals surface area contributed by atoms with Crippen LogP contribution in [0.2, 0.25) is 0 Å². The smallest absolute Gasteiger partial charge is 0.325 e. The molecule has 2 aromatic rings. The largest absolute Gasteiger partial charge is 0.455 e. The number of carbonyl (C=O) groups excluding carboxylic acids is 4. The molecule has 2 amide bonds. The van der Waals surface area contributed by atoms with Crippen LogP contribution in [0, 0.1) is 11.8 Å². The first kappa shape index (κ1) is 27.4. The van der Waals surface area contributed by atoms with Gasteiger partial charge < -0.3 is 10.1 Å². The Hall–Kier alpha value is -3.66. The Morgan fingerprint density at radius 1 is 1.08 bits per heavy atom. The molecule has 0 aliphatic carbocycles. The second kappa shape index (κ2) is 11.8. The molecule has 0 unspecified atom stereocenters. The highest BCUT2D eigenvalue weighted by molar-refractivity contribution is 5.91. The number of hydrogen-bond acceptors (Lipinski definition) is 8. The number of ether oxygens (including phenoxy) is 1. The van der Waals surface area contributed by atoms with E-state index in [1.54, 1.807) is 19.9 Å². The zero-order chi connectivity index (χ0) is 27.4. The number of carbonyl (C=O) groups is 4. The van der Waals surface area contributed by atoms with E-state index in [1.165, 1.54) is 5.01 Å². The standard InChI is InChI=1S/C28H35N5O5/c1-16(2)22-15-21(34)8-5-7-19-10-11-23-20(13-19)14-25(31-30-23)18(4)38-28(37)24-9-6-12-33(32-24)27(36)17(3)29-26(22)35/h5,7,10-11,13-14,16-18,22,24,32H,6,8-9,12,15H2,1-4H3,(H,29,35)/b7-5+/t17-,18+,22-,24-/m0/s1. The maximum Gasteiger partial charge on any atom is 0.325 e. The number of nitrogens with one attached hydrogen (secondary N) is 2. The summed E-state index contributed by atoms with van der Waals surface area (Å²) in [5.41, 5.74) is 5.05. The number of aromatic nitrogens is 2. The number of cyclic esters (lactones) is 1. The summed E-state index contributed by atoms with van der Waals surface area (Å²) in [6.45, 7) is 7.50. The van der Waals surface area contributed by atoms with E-state index in [0.29, 0.717) is 30.6 Å². The fraction of sp³-hybridized carbons (Fsp3) is 0.500. The molecule has 4 atom stereocenters. The number of fused-ring (bicyclic) bond motifs is 4. The van der Waals surface area contributed by atoms with E-state index >= 15 is 0 Å². The zero-order valence-corrected chi connectivity index (χ0v) is 22.3. The van der Waals surface area contributed by atoms with Gasteiger partial charge in [-0.05, 0) is 56.4 Å². The molecule has 1 saturated heterocycles. The third-order valence-electron chi connectivity index (χ3n) is 7.05. The molecule has 2 aliphatic rings. The third-order valence-corrected chi connectivity index (χ3v) is 7.05. The first-order valence-corrected chi connectivity index (χ1v) is 13.2. The fourth-order valence-electron chi connectivity index (χ4n) is 4.72. The van der Waals surface area contributed by atoms with Gasteiger partial charge in [0.15, 0.2) is 0 Å². The Morgan fingerprint density at radius 3 is 2.63 bits per heavy atom. The van der Waals surface area contributed by atoms with Crippen LogP contribution in [-0.4, -0.2) is 57.4 Å². The van der Waals surface area contributed by atoms with E-state index in [4.69, 9.17) is 4.74 Å². The molecule has 4 rings (SSSR count). The molecule has 1 aromatic heterocycles. The summed E-state index contributed by atoms with van der Waals surface area (Å²) in [7, 11) is 0. The van der Waals surface area contributed by atoms with Crippen molar-refractivity contribution in [2.45, 2.75) is 71.6 Å². The lowest BCUT2D eigenvalue weighted by molar-refractivity contribution is -0.157. The molecule has 2 N–H and O–H groups in total. The van der Waals surface area contributed by atoms with Crippen LogP contribution >= 0.6 is 0 Å². The van der Waals surface area contributed by atoms with Crippen molar-refractivity contribution in [1.82, 2.24) is 25.9 Å². The summed E-state index contributed by atoms with van der Waals surface area (Å²) in [5, 5.41) is 13.5. The first-order chi connectivity index (χ1) is 18.1. The van der Waals surface area contributed by atoms with Crippen molar-refractivity contribution in [3.8, 4) is 0 Å². The van der Waals surface area contributed by atoms with Gasteiger partial charge in [0.05, 0.1) is 5.52 Å². The van der Waals surface area contributed by atoms with Crippen molar-refractivity contribution in [2.24, 2.45) is 11.8 Å². The van der Waals surface area contributed by atoms with Crippen LogP contribution in [0.3, 0.4) is 0 Å². The third kappa shape index (κ3) is 6.42. The first-order valence-electron chi connectivity index (χ1n) is 13.2. The zero-order valence-electron chi connectivity index (χ0n) is 22.3. The molecular weight excluding hydrogens is 486 g/mol. The number of nitrogens with zero attached hydrogens (tertiary/aromatic N) is 3. The van der Waals surface area contributed by atoms with Crippen LogP contribution < -0.4 is 10.7 Å². The van der Waals surface area contributed by atoms with Gasteiger partial charge in [0.2, 0.25) is 5.91 Å². The summed E-state index contributed by atoms with van der Waals surface area (Å²) < 4.78 is 5.69. The molecule has 10 nitrogen and oxygen atoms in total. The van der Waals surface area contributed by atoms with Gasteiger partial charge in [-0.1, -0.05) is 32.1 Å². The van der Waals surface area contributed by atoms with Crippen LogP contribution in [0.1, 0.15) is 70.7 Å². The Balaban J connectivity index is 1.64. The number of Topliss-reactive ketones (excluding diaryl/α,β-unsaturated/α-hetero) is 1. The molecule has 1 aromatic carbocycles. The number of hydrazine groups is 1. The van der Waals surface area contributed by atoms with Crippen LogP contribution in [-0.2, 0) is 23.9 Å². The molecular formula is C28H35N5O5. The number of rotatable bonds is 1. The maximum atomic E-state index is 13.1. The van der Waals surface area contributed by atoms with Crippen molar-refractivity contribution in [3.63, 3.8) is 0 Å².